The summed E-state index contributed by atoms with van der Waals surface area (Å²) in [5.41, 5.74) is 0.899. The first-order valence-electron chi connectivity index (χ1n) is 6.40. The molecule has 1 aromatic rings. The second-order valence-electron chi connectivity index (χ2n) is 5.14. The summed E-state index contributed by atoms with van der Waals surface area (Å²) in [6.45, 7) is 7.53. The maximum Gasteiger partial charge on any atom is 0.228 e. The maximum absolute atomic E-state index is 12.5. The van der Waals surface area contributed by atoms with Gasteiger partial charge in [-0.2, -0.15) is 0 Å². The van der Waals surface area contributed by atoms with Gasteiger partial charge in [0, 0.05) is 23.8 Å². The summed E-state index contributed by atoms with van der Waals surface area (Å²) < 4.78 is 0. The number of halogens is 1. The van der Waals surface area contributed by atoms with Crippen LogP contribution < -0.4 is 0 Å². The molecular formula is C15H22BrNO. The molecule has 1 rings (SSSR count). The van der Waals surface area contributed by atoms with E-state index >= 15 is 0 Å². The predicted octanol–water partition coefficient (Wildman–Crippen LogP) is 3.85. The van der Waals surface area contributed by atoms with E-state index in [1.807, 2.05) is 36.9 Å². The molecule has 0 atom stereocenters. The molecule has 18 heavy (non-hydrogen) atoms. The highest BCUT2D eigenvalue weighted by Gasteiger charge is 2.29. The van der Waals surface area contributed by atoms with Crippen LogP contribution in [0.5, 0.6) is 0 Å². The van der Waals surface area contributed by atoms with Gasteiger partial charge in [-0.3, -0.25) is 4.79 Å². The molecule has 0 aliphatic rings. The predicted molar refractivity (Wildman–Crippen MR) is 79.7 cm³/mol. The van der Waals surface area contributed by atoms with Gasteiger partial charge in [0.2, 0.25) is 5.91 Å². The summed E-state index contributed by atoms with van der Waals surface area (Å²) in [6, 6.07) is 10.1. The van der Waals surface area contributed by atoms with E-state index in [0.29, 0.717) is 6.54 Å². The standard InChI is InChI=1S/C15H22BrNO/c1-4-15(2,3)14(18)17(11-10-16)12-13-8-6-5-7-9-13/h5-9H,4,10-12H2,1-3H3. The molecule has 0 spiro atoms. The SMILES string of the molecule is CCC(C)(C)C(=O)N(CCBr)Cc1ccccc1. The van der Waals surface area contributed by atoms with Crippen molar-refractivity contribution in [1.29, 1.82) is 0 Å². The van der Waals surface area contributed by atoms with E-state index in [-0.39, 0.29) is 11.3 Å². The third-order valence-corrected chi connectivity index (χ3v) is 3.68. The van der Waals surface area contributed by atoms with Gasteiger partial charge in [0.05, 0.1) is 0 Å². The fraction of sp³-hybridized carbons (Fsp3) is 0.533. The Bertz CT molecular complexity index is 375. The molecule has 100 valence electrons. The number of amides is 1. The van der Waals surface area contributed by atoms with Gasteiger partial charge in [0.1, 0.15) is 0 Å². The van der Waals surface area contributed by atoms with Crippen LogP contribution in [-0.4, -0.2) is 22.7 Å². The molecule has 0 aliphatic heterocycles. The zero-order valence-corrected chi connectivity index (χ0v) is 13.0. The van der Waals surface area contributed by atoms with Crippen molar-refractivity contribution in [3.63, 3.8) is 0 Å². The minimum absolute atomic E-state index is 0.230. The Balaban J connectivity index is 2.80. The topological polar surface area (TPSA) is 20.3 Å². The Labute approximate surface area is 119 Å². The lowest BCUT2D eigenvalue weighted by atomic mass is 9.88. The first kappa shape index (κ1) is 15.2. The second-order valence-corrected chi connectivity index (χ2v) is 5.93. The number of nitrogens with zero attached hydrogens (tertiary/aromatic N) is 1. The van der Waals surface area contributed by atoms with E-state index in [9.17, 15) is 4.79 Å². The number of carbonyl (C=O) groups excluding carboxylic acids is 1. The molecule has 0 N–H and O–H groups in total. The highest BCUT2D eigenvalue weighted by molar-refractivity contribution is 9.09. The fourth-order valence-electron chi connectivity index (χ4n) is 1.74. The van der Waals surface area contributed by atoms with Crippen LogP contribution in [-0.2, 0) is 11.3 Å². The van der Waals surface area contributed by atoms with Crippen LogP contribution in [0.2, 0.25) is 0 Å². The third-order valence-electron chi connectivity index (χ3n) is 3.32. The van der Waals surface area contributed by atoms with Crippen LogP contribution in [0, 0.1) is 5.41 Å². The molecule has 0 saturated carbocycles. The quantitative estimate of drug-likeness (QED) is 0.731. The smallest absolute Gasteiger partial charge is 0.228 e. The van der Waals surface area contributed by atoms with Gasteiger partial charge in [0.25, 0.3) is 0 Å². The van der Waals surface area contributed by atoms with Crippen molar-refractivity contribution in [2.45, 2.75) is 33.7 Å². The van der Waals surface area contributed by atoms with Crippen molar-refractivity contribution in [2.24, 2.45) is 5.41 Å². The Morgan fingerprint density at radius 2 is 1.89 bits per heavy atom. The van der Waals surface area contributed by atoms with Crippen LogP contribution in [0.25, 0.3) is 0 Å². The molecule has 0 heterocycles. The van der Waals surface area contributed by atoms with Crippen LogP contribution >= 0.6 is 15.9 Å². The molecule has 0 aliphatic carbocycles. The molecule has 0 bridgehead atoms. The van der Waals surface area contributed by atoms with Gasteiger partial charge in [-0.25, -0.2) is 0 Å². The molecule has 0 unspecified atom stereocenters. The van der Waals surface area contributed by atoms with E-state index in [1.165, 1.54) is 5.56 Å². The molecule has 0 saturated heterocycles. The van der Waals surface area contributed by atoms with Gasteiger partial charge >= 0.3 is 0 Å². The number of hydrogen-bond acceptors (Lipinski definition) is 1. The number of benzene rings is 1. The summed E-state index contributed by atoms with van der Waals surface area (Å²) in [7, 11) is 0. The highest BCUT2D eigenvalue weighted by Crippen LogP contribution is 2.24. The van der Waals surface area contributed by atoms with Crippen molar-refractivity contribution in [2.75, 3.05) is 11.9 Å². The van der Waals surface area contributed by atoms with Crippen molar-refractivity contribution >= 4 is 21.8 Å². The molecule has 0 fully saturated rings. The zero-order valence-electron chi connectivity index (χ0n) is 11.4. The van der Waals surface area contributed by atoms with Crippen LogP contribution in [0.3, 0.4) is 0 Å². The van der Waals surface area contributed by atoms with E-state index < -0.39 is 0 Å². The molecule has 2 nitrogen and oxygen atoms in total. The van der Waals surface area contributed by atoms with Crippen molar-refractivity contribution < 1.29 is 4.79 Å². The summed E-state index contributed by atoms with van der Waals surface area (Å²) >= 11 is 3.43. The van der Waals surface area contributed by atoms with Crippen molar-refractivity contribution in [3.8, 4) is 0 Å². The normalized spacial score (nSPS) is 11.3. The molecule has 0 aromatic heterocycles. The molecule has 1 amide bonds. The lowest BCUT2D eigenvalue weighted by molar-refractivity contribution is -0.140. The molecule has 3 heteroatoms. The minimum atomic E-state index is -0.281. The van der Waals surface area contributed by atoms with E-state index in [4.69, 9.17) is 0 Å². The van der Waals surface area contributed by atoms with Crippen molar-refractivity contribution in [1.82, 2.24) is 4.90 Å². The van der Waals surface area contributed by atoms with E-state index in [2.05, 4.69) is 35.0 Å². The number of hydrogen-bond donors (Lipinski definition) is 0. The van der Waals surface area contributed by atoms with Gasteiger partial charge < -0.3 is 4.90 Å². The minimum Gasteiger partial charge on any atom is -0.337 e. The Hall–Kier alpha value is -0.830. The largest absolute Gasteiger partial charge is 0.337 e. The van der Waals surface area contributed by atoms with Gasteiger partial charge in [-0.05, 0) is 12.0 Å². The summed E-state index contributed by atoms with van der Waals surface area (Å²) in [6.07, 6.45) is 0.861. The van der Waals surface area contributed by atoms with E-state index in [0.717, 1.165) is 18.3 Å². The van der Waals surface area contributed by atoms with Gasteiger partial charge in [-0.15, -0.1) is 0 Å². The third kappa shape index (κ3) is 4.13. The average Bonchev–Trinajstić information content (AvgIpc) is 2.38. The molecule has 1 aromatic carbocycles. The fourth-order valence-corrected chi connectivity index (χ4v) is 2.17. The summed E-state index contributed by atoms with van der Waals surface area (Å²) in [5.74, 6) is 0.230. The molecule has 0 radical (unpaired) electrons. The Morgan fingerprint density at radius 3 is 2.39 bits per heavy atom. The average molecular weight is 312 g/mol. The van der Waals surface area contributed by atoms with E-state index in [1.54, 1.807) is 0 Å². The van der Waals surface area contributed by atoms with Crippen molar-refractivity contribution in [3.05, 3.63) is 35.9 Å². The first-order chi connectivity index (χ1) is 8.51. The van der Waals surface area contributed by atoms with Crippen LogP contribution in [0.1, 0.15) is 32.8 Å². The van der Waals surface area contributed by atoms with Crippen LogP contribution in [0.4, 0.5) is 0 Å². The lowest BCUT2D eigenvalue weighted by Gasteiger charge is -2.31. The van der Waals surface area contributed by atoms with Gasteiger partial charge in [0.15, 0.2) is 0 Å². The highest BCUT2D eigenvalue weighted by atomic mass is 79.9. The van der Waals surface area contributed by atoms with Gasteiger partial charge in [-0.1, -0.05) is 67.0 Å². The zero-order chi connectivity index (χ0) is 13.6. The number of rotatable bonds is 6. The number of carbonyl (C=O) groups is 1. The van der Waals surface area contributed by atoms with Crippen LogP contribution in [0.15, 0.2) is 30.3 Å². The lowest BCUT2D eigenvalue weighted by Crippen LogP contribution is -2.41. The summed E-state index contributed by atoms with van der Waals surface area (Å²) in [4.78, 5) is 14.4. The number of alkyl halides is 1. The maximum atomic E-state index is 12.5. The first-order valence-corrected chi connectivity index (χ1v) is 7.52. The molecular weight excluding hydrogens is 290 g/mol. The monoisotopic (exact) mass is 311 g/mol. The summed E-state index contributed by atoms with van der Waals surface area (Å²) in [5, 5.41) is 0.811. The Morgan fingerprint density at radius 1 is 1.28 bits per heavy atom. The Kier molecular flexibility index (Phi) is 5.86. The second kappa shape index (κ2) is 6.93.